The molecule has 0 bridgehead atoms. The molecule has 3 rings (SSSR count). The lowest BCUT2D eigenvalue weighted by Crippen LogP contribution is -2.28. The molecule has 0 saturated carbocycles. The van der Waals surface area contributed by atoms with Crippen molar-refractivity contribution >= 4 is 33.2 Å². The quantitative estimate of drug-likeness (QED) is 0.758. The third-order valence-corrected chi connectivity index (χ3v) is 6.34. The molecule has 8 heteroatoms. The Hall–Kier alpha value is -2.71. The maximum absolute atomic E-state index is 12.6. The molecule has 7 nitrogen and oxygen atoms in total. The third-order valence-electron chi connectivity index (χ3n) is 4.78. The van der Waals surface area contributed by atoms with Crippen LogP contribution in [0.15, 0.2) is 47.4 Å². The van der Waals surface area contributed by atoms with E-state index in [1.165, 1.54) is 12.1 Å². The van der Waals surface area contributed by atoms with Crippen LogP contribution in [-0.4, -0.2) is 33.3 Å². The van der Waals surface area contributed by atoms with Gasteiger partial charge in [-0.3, -0.25) is 9.59 Å². The Balaban J connectivity index is 1.68. The molecule has 1 fully saturated rings. The Labute approximate surface area is 171 Å². The number of benzene rings is 2. The molecule has 1 heterocycles. The van der Waals surface area contributed by atoms with E-state index in [0.29, 0.717) is 18.8 Å². The van der Waals surface area contributed by atoms with Crippen molar-refractivity contribution in [2.24, 2.45) is 5.92 Å². The number of carbonyl (C=O) groups is 2. The molecule has 2 aromatic carbocycles. The number of amides is 2. The smallest absolute Gasteiger partial charge is 0.240 e. The van der Waals surface area contributed by atoms with Crippen LogP contribution in [0.4, 0.5) is 11.4 Å². The van der Waals surface area contributed by atoms with Crippen LogP contribution in [-0.2, 0) is 19.6 Å². The largest absolute Gasteiger partial charge is 0.326 e. The van der Waals surface area contributed by atoms with Crippen LogP contribution in [0.25, 0.3) is 0 Å². The topological polar surface area (TPSA) is 95.6 Å². The molecule has 29 heavy (non-hydrogen) atoms. The molecule has 0 aliphatic carbocycles. The van der Waals surface area contributed by atoms with E-state index >= 15 is 0 Å². The fourth-order valence-electron chi connectivity index (χ4n) is 3.47. The minimum Gasteiger partial charge on any atom is -0.326 e. The monoisotopic (exact) mass is 415 g/mol. The minimum absolute atomic E-state index is 0.0813. The first-order valence-corrected chi connectivity index (χ1v) is 11.0. The van der Waals surface area contributed by atoms with Gasteiger partial charge in [0.25, 0.3) is 0 Å². The van der Waals surface area contributed by atoms with Crippen molar-refractivity contribution in [3.63, 3.8) is 0 Å². The normalized spacial score (nSPS) is 16.9. The number of carbonyl (C=O) groups excluding carboxylic acids is 2. The standard InChI is InChI=1S/C21H25N3O4S/c1-4-22-29(27,28)19-7-5-17(6-8-19)23-21(26)16-12-20(25)24(13-16)18-10-14(2)9-15(3)11-18/h5-11,16,22H,4,12-13H2,1-3H3,(H,23,26). The molecule has 0 radical (unpaired) electrons. The Morgan fingerprint density at radius 3 is 2.31 bits per heavy atom. The van der Waals surface area contributed by atoms with E-state index in [1.807, 2.05) is 32.0 Å². The Morgan fingerprint density at radius 2 is 1.72 bits per heavy atom. The van der Waals surface area contributed by atoms with Gasteiger partial charge in [0.1, 0.15) is 0 Å². The van der Waals surface area contributed by atoms with Crippen LogP contribution in [0.2, 0.25) is 0 Å². The first kappa shape index (κ1) is 21.0. The van der Waals surface area contributed by atoms with Crippen LogP contribution in [0.3, 0.4) is 0 Å². The van der Waals surface area contributed by atoms with Crippen molar-refractivity contribution in [3.8, 4) is 0 Å². The molecular weight excluding hydrogens is 390 g/mol. The van der Waals surface area contributed by atoms with Crippen LogP contribution < -0.4 is 14.9 Å². The lowest BCUT2D eigenvalue weighted by Gasteiger charge is -2.18. The molecule has 1 atom stereocenters. The summed E-state index contributed by atoms with van der Waals surface area (Å²) < 4.78 is 26.4. The number of nitrogens with zero attached hydrogens (tertiary/aromatic N) is 1. The van der Waals surface area contributed by atoms with Gasteiger partial charge in [-0.25, -0.2) is 13.1 Å². The van der Waals surface area contributed by atoms with E-state index in [-0.39, 0.29) is 23.1 Å². The number of hydrogen-bond acceptors (Lipinski definition) is 4. The lowest BCUT2D eigenvalue weighted by atomic mass is 10.1. The highest BCUT2D eigenvalue weighted by atomic mass is 32.2. The second-order valence-corrected chi connectivity index (χ2v) is 9.03. The van der Waals surface area contributed by atoms with Gasteiger partial charge in [-0.2, -0.15) is 0 Å². The summed E-state index contributed by atoms with van der Waals surface area (Å²) in [6.07, 6.45) is 0.145. The molecule has 1 aliphatic rings. The SMILES string of the molecule is CCNS(=O)(=O)c1ccc(NC(=O)C2CC(=O)N(c3cc(C)cc(C)c3)C2)cc1. The summed E-state index contributed by atoms with van der Waals surface area (Å²) in [5.74, 6) is -0.803. The molecule has 0 aromatic heterocycles. The van der Waals surface area contributed by atoms with E-state index in [9.17, 15) is 18.0 Å². The number of nitrogens with one attached hydrogen (secondary N) is 2. The number of hydrogen-bond donors (Lipinski definition) is 2. The summed E-state index contributed by atoms with van der Waals surface area (Å²) in [4.78, 5) is 26.9. The number of rotatable bonds is 6. The Morgan fingerprint density at radius 1 is 1.10 bits per heavy atom. The van der Waals surface area contributed by atoms with Crippen LogP contribution >= 0.6 is 0 Å². The predicted octanol–water partition coefficient (Wildman–Crippen LogP) is 2.59. The summed E-state index contributed by atoms with van der Waals surface area (Å²) in [7, 11) is -3.54. The second-order valence-electron chi connectivity index (χ2n) is 7.27. The first-order chi connectivity index (χ1) is 13.7. The zero-order chi connectivity index (χ0) is 21.2. The summed E-state index contributed by atoms with van der Waals surface area (Å²) >= 11 is 0. The Kier molecular flexibility index (Phi) is 6.04. The van der Waals surface area contributed by atoms with Gasteiger partial charge in [0.2, 0.25) is 21.8 Å². The van der Waals surface area contributed by atoms with Crippen molar-refractivity contribution in [2.75, 3.05) is 23.3 Å². The van der Waals surface area contributed by atoms with Crippen molar-refractivity contribution in [1.29, 1.82) is 0 Å². The van der Waals surface area contributed by atoms with Crippen molar-refractivity contribution in [1.82, 2.24) is 4.72 Å². The number of aryl methyl sites for hydroxylation is 2. The van der Waals surface area contributed by atoms with Gasteiger partial charge >= 0.3 is 0 Å². The number of anilines is 2. The van der Waals surface area contributed by atoms with Crippen molar-refractivity contribution < 1.29 is 18.0 Å². The minimum atomic E-state index is -3.54. The highest BCUT2D eigenvalue weighted by molar-refractivity contribution is 7.89. The average Bonchev–Trinajstić information content (AvgIpc) is 3.03. The van der Waals surface area contributed by atoms with Crippen molar-refractivity contribution in [2.45, 2.75) is 32.1 Å². The van der Waals surface area contributed by atoms with Gasteiger partial charge in [-0.15, -0.1) is 0 Å². The fourth-order valence-corrected chi connectivity index (χ4v) is 4.52. The molecule has 2 N–H and O–H groups in total. The average molecular weight is 416 g/mol. The fraction of sp³-hybridized carbons (Fsp3) is 0.333. The van der Waals surface area contributed by atoms with E-state index in [0.717, 1.165) is 16.8 Å². The molecular formula is C21H25N3O4S. The molecule has 2 amide bonds. The zero-order valence-corrected chi connectivity index (χ0v) is 17.5. The second kappa shape index (κ2) is 8.34. The predicted molar refractivity (Wildman–Crippen MR) is 112 cm³/mol. The highest BCUT2D eigenvalue weighted by Gasteiger charge is 2.35. The van der Waals surface area contributed by atoms with Gasteiger partial charge in [0.05, 0.1) is 10.8 Å². The van der Waals surface area contributed by atoms with Crippen LogP contribution in [0.5, 0.6) is 0 Å². The van der Waals surface area contributed by atoms with E-state index < -0.39 is 15.9 Å². The van der Waals surface area contributed by atoms with E-state index in [4.69, 9.17) is 0 Å². The zero-order valence-electron chi connectivity index (χ0n) is 16.7. The van der Waals surface area contributed by atoms with Crippen molar-refractivity contribution in [3.05, 3.63) is 53.6 Å². The van der Waals surface area contributed by atoms with Gasteiger partial charge in [0.15, 0.2) is 0 Å². The summed E-state index contributed by atoms with van der Waals surface area (Å²) in [6.45, 7) is 6.27. The maximum Gasteiger partial charge on any atom is 0.240 e. The van der Waals surface area contributed by atoms with E-state index in [2.05, 4.69) is 10.0 Å². The van der Waals surface area contributed by atoms with Gasteiger partial charge in [-0.05, 0) is 61.4 Å². The molecule has 2 aromatic rings. The summed E-state index contributed by atoms with van der Waals surface area (Å²) in [5, 5.41) is 2.78. The van der Waals surface area contributed by atoms with Gasteiger partial charge in [-0.1, -0.05) is 13.0 Å². The van der Waals surface area contributed by atoms with Gasteiger partial charge in [0, 0.05) is 30.9 Å². The van der Waals surface area contributed by atoms with Crippen LogP contribution in [0, 0.1) is 19.8 Å². The summed E-state index contributed by atoms with van der Waals surface area (Å²) in [6, 6.07) is 11.9. The molecule has 1 unspecified atom stereocenters. The van der Waals surface area contributed by atoms with Crippen LogP contribution in [0.1, 0.15) is 24.5 Å². The third kappa shape index (κ3) is 4.83. The molecule has 1 aliphatic heterocycles. The van der Waals surface area contributed by atoms with Gasteiger partial charge < -0.3 is 10.2 Å². The molecule has 154 valence electrons. The number of sulfonamides is 1. The maximum atomic E-state index is 12.6. The lowest BCUT2D eigenvalue weighted by molar-refractivity contribution is -0.122. The highest BCUT2D eigenvalue weighted by Crippen LogP contribution is 2.28. The Bertz CT molecular complexity index is 1010. The first-order valence-electron chi connectivity index (χ1n) is 9.49. The van der Waals surface area contributed by atoms with E-state index in [1.54, 1.807) is 24.0 Å². The molecule has 1 saturated heterocycles. The molecule has 0 spiro atoms. The summed E-state index contributed by atoms with van der Waals surface area (Å²) in [5.41, 5.74) is 3.42.